The Morgan fingerprint density at radius 2 is 1.62 bits per heavy atom. The predicted octanol–water partition coefficient (Wildman–Crippen LogP) is 4.15. The first-order valence-electron chi connectivity index (χ1n) is 7.63. The van der Waals surface area contributed by atoms with Crippen LogP contribution in [0.25, 0.3) is 0 Å². The molecule has 108 valence electrons. The Morgan fingerprint density at radius 1 is 1.00 bits per heavy atom. The van der Waals surface area contributed by atoms with Crippen LogP contribution in [0, 0.1) is 0 Å². The minimum Gasteiger partial charge on any atom is -0.300 e. The van der Waals surface area contributed by atoms with Gasteiger partial charge in [-0.3, -0.25) is 9.69 Å². The molecular weight excluding hydrogens is 258 g/mol. The third-order valence-corrected chi connectivity index (χ3v) is 4.43. The minimum absolute atomic E-state index is 0.197. The van der Waals surface area contributed by atoms with E-state index >= 15 is 0 Å². The van der Waals surface area contributed by atoms with Crippen LogP contribution >= 0.6 is 0 Å². The van der Waals surface area contributed by atoms with Gasteiger partial charge in [0, 0.05) is 31.5 Å². The van der Waals surface area contributed by atoms with Crippen LogP contribution < -0.4 is 0 Å². The summed E-state index contributed by atoms with van der Waals surface area (Å²) in [5.41, 5.74) is 2.56. The Hall–Kier alpha value is -1.93. The van der Waals surface area contributed by atoms with Crippen molar-refractivity contribution in [1.82, 2.24) is 4.90 Å². The summed E-state index contributed by atoms with van der Waals surface area (Å²) in [6.45, 7) is 3.08. The average molecular weight is 279 g/mol. The van der Waals surface area contributed by atoms with E-state index in [9.17, 15) is 4.79 Å². The van der Waals surface area contributed by atoms with E-state index in [1.54, 1.807) is 0 Å². The fourth-order valence-corrected chi connectivity index (χ4v) is 3.22. The van der Waals surface area contributed by atoms with Crippen molar-refractivity contribution in [1.29, 1.82) is 0 Å². The van der Waals surface area contributed by atoms with Crippen molar-refractivity contribution in [3.63, 3.8) is 0 Å². The fourth-order valence-electron chi connectivity index (χ4n) is 3.22. The second kappa shape index (κ2) is 6.23. The molecule has 1 saturated heterocycles. The second-order valence-electron chi connectivity index (χ2n) is 5.74. The Morgan fingerprint density at radius 3 is 2.29 bits per heavy atom. The van der Waals surface area contributed by atoms with Gasteiger partial charge in [-0.1, -0.05) is 60.7 Å². The quantitative estimate of drug-likeness (QED) is 0.841. The van der Waals surface area contributed by atoms with Crippen molar-refractivity contribution in [3.05, 3.63) is 71.8 Å². The van der Waals surface area contributed by atoms with E-state index in [-0.39, 0.29) is 6.04 Å². The number of likely N-dealkylation sites (tertiary alicyclic amines) is 1. The molecule has 1 heterocycles. The summed E-state index contributed by atoms with van der Waals surface area (Å²) >= 11 is 0. The lowest BCUT2D eigenvalue weighted by atomic mass is 9.91. The van der Waals surface area contributed by atoms with Crippen molar-refractivity contribution in [2.75, 3.05) is 6.54 Å². The van der Waals surface area contributed by atoms with Crippen LogP contribution in [0.2, 0.25) is 0 Å². The molecule has 0 N–H and O–H groups in total. The maximum absolute atomic E-state index is 11.9. The Balaban J connectivity index is 1.89. The predicted molar refractivity (Wildman–Crippen MR) is 85.0 cm³/mol. The fraction of sp³-hybridized carbons (Fsp3) is 0.316. The molecule has 2 atom stereocenters. The van der Waals surface area contributed by atoms with E-state index in [1.165, 1.54) is 11.1 Å². The van der Waals surface area contributed by atoms with Gasteiger partial charge in [0.15, 0.2) is 0 Å². The van der Waals surface area contributed by atoms with Gasteiger partial charge >= 0.3 is 0 Å². The van der Waals surface area contributed by atoms with Crippen LogP contribution in [0.5, 0.6) is 0 Å². The molecule has 0 radical (unpaired) electrons. The number of nitrogens with zero attached hydrogens (tertiary/aromatic N) is 1. The van der Waals surface area contributed by atoms with Gasteiger partial charge in [0.1, 0.15) is 5.78 Å². The van der Waals surface area contributed by atoms with Gasteiger partial charge in [-0.05, 0) is 18.1 Å². The number of hydrogen-bond acceptors (Lipinski definition) is 2. The molecule has 2 nitrogen and oxygen atoms in total. The molecular formula is C19H21NO. The third kappa shape index (κ3) is 3.06. The van der Waals surface area contributed by atoms with Crippen molar-refractivity contribution in [3.8, 4) is 0 Å². The van der Waals surface area contributed by atoms with Gasteiger partial charge < -0.3 is 0 Å². The average Bonchev–Trinajstić information content (AvgIpc) is 2.56. The van der Waals surface area contributed by atoms with E-state index < -0.39 is 0 Å². The van der Waals surface area contributed by atoms with Crippen LogP contribution in [0.15, 0.2) is 60.7 Å². The van der Waals surface area contributed by atoms with Crippen LogP contribution in [0.3, 0.4) is 0 Å². The highest BCUT2D eigenvalue weighted by molar-refractivity contribution is 5.80. The number of carbonyl (C=O) groups is 1. The van der Waals surface area contributed by atoms with Crippen LogP contribution in [-0.4, -0.2) is 17.2 Å². The summed E-state index contributed by atoms with van der Waals surface area (Å²) in [6, 6.07) is 21.5. The van der Waals surface area contributed by atoms with Crippen LogP contribution in [0.4, 0.5) is 0 Å². The highest BCUT2D eigenvalue weighted by atomic mass is 16.1. The lowest BCUT2D eigenvalue weighted by molar-refractivity contribution is -0.124. The Labute approximate surface area is 126 Å². The molecule has 0 bridgehead atoms. The van der Waals surface area contributed by atoms with Gasteiger partial charge in [0.05, 0.1) is 0 Å². The Bertz CT molecular complexity index is 593. The minimum atomic E-state index is 0.197. The number of benzene rings is 2. The maximum atomic E-state index is 11.9. The zero-order valence-electron chi connectivity index (χ0n) is 12.4. The molecule has 1 fully saturated rings. The second-order valence-corrected chi connectivity index (χ2v) is 5.74. The number of ketones is 1. The zero-order chi connectivity index (χ0) is 14.7. The van der Waals surface area contributed by atoms with Crippen LogP contribution in [-0.2, 0) is 4.79 Å². The molecule has 21 heavy (non-hydrogen) atoms. The molecule has 2 aromatic rings. The largest absolute Gasteiger partial charge is 0.300 e. The van der Waals surface area contributed by atoms with E-state index in [4.69, 9.17) is 0 Å². The van der Waals surface area contributed by atoms with Gasteiger partial charge in [-0.15, -0.1) is 0 Å². The lowest BCUT2D eigenvalue weighted by Gasteiger charge is -2.39. The SMILES string of the molecule is C[C@H](c1ccccc1)N1CCC(=O)C[C@H]1c1ccccc1. The van der Waals surface area contributed by atoms with E-state index in [0.717, 1.165) is 6.54 Å². The monoisotopic (exact) mass is 279 g/mol. The van der Waals surface area contributed by atoms with Crippen molar-refractivity contribution in [2.45, 2.75) is 31.8 Å². The molecule has 2 heteroatoms. The number of hydrogen-bond donors (Lipinski definition) is 0. The summed E-state index contributed by atoms with van der Waals surface area (Å²) < 4.78 is 0. The number of piperidine rings is 1. The number of rotatable bonds is 3. The summed E-state index contributed by atoms with van der Waals surface area (Å²) in [5.74, 6) is 0.375. The summed E-state index contributed by atoms with van der Waals surface area (Å²) in [5, 5.41) is 0. The summed E-state index contributed by atoms with van der Waals surface area (Å²) in [7, 11) is 0. The van der Waals surface area contributed by atoms with Crippen molar-refractivity contribution >= 4 is 5.78 Å². The number of carbonyl (C=O) groups excluding carboxylic acids is 1. The van der Waals surface area contributed by atoms with E-state index in [0.29, 0.717) is 24.7 Å². The highest BCUT2D eigenvalue weighted by Crippen LogP contribution is 2.35. The first-order chi connectivity index (χ1) is 10.3. The smallest absolute Gasteiger partial charge is 0.136 e. The van der Waals surface area contributed by atoms with Gasteiger partial charge in [0.25, 0.3) is 0 Å². The third-order valence-electron chi connectivity index (χ3n) is 4.43. The van der Waals surface area contributed by atoms with E-state index in [1.807, 2.05) is 12.1 Å². The zero-order valence-corrected chi connectivity index (χ0v) is 12.4. The topological polar surface area (TPSA) is 20.3 Å². The molecule has 0 amide bonds. The molecule has 2 aromatic carbocycles. The van der Waals surface area contributed by atoms with Gasteiger partial charge in [-0.25, -0.2) is 0 Å². The van der Waals surface area contributed by atoms with Crippen LogP contribution in [0.1, 0.15) is 43.0 Å². The molecule has 3 rings (SSSR count). The molecule has 0 spiro atoms. The van der Waals surface area contributed by atoms with E-state index in [2.05, 4.69) is 60.4 Å². The maximum Gasteiger partial charge on any atom is 0.136 e. The molecule has 0 aromatic heterocycles. The first kappa shape index (κ1) is 14.0. The summed E-state index contributed by atoms with van der Waals surface area (Å²) in [6.07, 6.45) is 1.29. The molecule has 1 aliphatic rings. The standard InChI is InChI=1S/C19H21NO/c1-15(16-8-4-2-5-9-16)20-13-12-18(21)14-19(20)17-10-6-3-7-11-17/h2-11,15,19H,12-14H2,1H3/t15-,19+/m1/s1. The molecule has 0 unspecified atom stereocenters. The first-order valence-corrected chi connectivity index (χ1v) is 7.63. The molecule has 1 aliphatic heterocycles. The van der Waals surface area contributed by atoms with Crippen molar-refractivity contribution in [2.24, 2.45) is 0 Å². The number of Topliss-reactive ketones (excluding diaryl/α,β-unsaturated/α-hetero) is 1. The lowest BCUT2D eigenvalue weighted by Crippen LogP contribution is -2.38. The molecule has 0 aliphatic carbocycles. The van der Waals surface area contributed by atoms with Gasteiger partial charge in [0.2, 0.25) is 0 Å². The molecule has 0 saturated carbocycles. The summed E-state index contributed by atoms with van der Waals surface area (Å²) in [4.78, 5) is 14.4. The normalized spacial score (nSPS) is 21.2. The Kier molecular flexibility index (Phi) is 4.16. The van der Waals surface area contributed by atoms with Gasteiger partial charge in [-0.2, -0.15) is 0 Å². The van der Waals surface area contributed by atoms with Crippen molar-refractivity contribution < 1.29 is 4.79 Å². The highest BCUT2D eigenvalue weighted by Gasteiger charge is 2.31.